The summed E-state index contributed by atoms with van der Waals surface area (Å²) in [6.07, 6.45) is 2.22. The van der Waals surface area contributed by atoms with Gasteiger partial charge in [0.25, 0.3) is 0 Å². The van der Waals surface area contributed by atoms with Gasteiger partial charge in [0.05, 0.1) is 6.61 Å². The lowest BCUT2D eigenvalue weighted by atomic mass is 10.2. The minimum Gasteiger partial charge on any atom is -0.502 e. The Labute approximate surface area is 131 Å². The van der Waals surface area contributed by atoms with Crippen molar-refractivity contribution >= 4 is 12.0 Å². The van der Waals surface area contributed by atoms with Crippen LogP contribution in [0.4, 0.5) is 4.39 Å². The summed E-state index contributed by atoms with van der Waals surface area (Å²) < 4.78 is 22.8. The van der Waals surface area contributed by atoms with Gasteiger partial charge in [0, 0.05) is 6.08 Å². The molecule has 7 nitrogen and oxygen atoms in total. The van der Waals surface area contributed by atoms with Gasteiger partial charge in [-0.05, 0) is 24.6 Å². The third-order valence-corrected chi connectivity index (χ3v) is 2.60. The van der Waals surface area contributed by atoms with E-state index in [1.54, 1.807) is 19.1 Å². The molecular weight excluding hydrogens is 305 g/mol. The molecule has 0 fully saturated rings. The first-order chi connectivity index (χ1) is 11.1. The number of benzene rings is 1. The van der Waals surface area contributed by atoms with Gasteiger partial charge in [-0.3, -0.25) is 0 Å². The fourth-order valence-corrected chi connectivity index (χ4v) is 1.55. The number of esters is 1. The molecule has 23 heavy (non-hydrogen) atoms. The normalized spacial score (nSPS) is 11.1. The first-order valence-electron chi connectivity index (χ1n) is 6.72. The minimum atomic E-state index is -0.873. The molecule has 0 atom stereocenters. The van der Waals surface area contributed by atoms with E-state index in [0.717, 1.165) is 11.6 Å². The Morgan fingerprint density at radius 2 is 2.04 bits per heavy atom. The summed E-state index contributed by atoms with van der Waals surface area (Å²) in [5.74, 6) is -1.79. The molecule has 2 aromatic rings. The van der Waals surface area contributed by atoms with Crippen LogP contribution in [0.3, 0.4) is 0 Å². The van der Waals surface area contributed by atoms with Crippen molar-refractivity contribution in [3.63, 3.8) is 0 Å². The van der Waals surface area contributed by atoms with Crippen molar-refractivity contribution < 1.29 is 23.8 Å². The summed E-state index contributed by atoms with van der Waals surface area (Å²) in [4.78, 5) is 22.8. The standard InChI is InChI=1S/C15H14FN3O4/c1-2-22-14(21)12(20)7-13-17-9-18-15(19-13)23-8-10-3-5-11(16)6-4-10/h3-7,9,20H,2,8H2,1H3/b12-7-. The first kappa shape index (κ1) is 16.3. The van der Waals surface area contributed by atoms with Gasteiger partial charge >= 0.3 is 12.0 Å². The maximum Gasteiger partial charge on any atom is 0.373 e. The molecule has 0 bridgehead atoms. The van der Waals surface area contributed by atoms with Crippen molar-refractivity contribution in [3.05, 3.63) is 53.6 Å². The van der Waals surface area contributed by atoms with Gasteiger partial charge in [0.2, 0.25) is 5.76 Å². The number of hydrogen-bond acceptors (Lipinski definition) is 7. The average Bonchev–Trinajstić information content (AvgIpc) is 2.55. The monoisotopic (exact) mass is 319 g/mol. The zero-order valence-electron chi connectivity index (χ0n) is 12.3. The Morgan fingerprint density at radius 3 is 2.74 bits per heavy atom. The third kappa shape index (κ3) is 5.03. The number of carbonyl (C=O) groups excluding carboxylic acids is 1. The van der Waals surface area contributed by atoms with Crippen LogP contribution in [0.25, 0.3) is 6.08 Å². The summed E-state index contributed by atoms with van der Waals surface area (Å²) in [5.41, 5.74) is 0.735. The summed E-state index contributed by atoms with van der Waals surface area (Å²) in [7, 11) is 0. The van der Waals surface area contributed by atoms with Crippen LogP contribution < -0.4 is 4.74 Å². The molecule has 1 N–H and O–H groups in total. The second kappa shape index (κ2) is 7.83. The number of hydrogen-bond donors (Lipinski definition) is 1. The fourth-order valence-electron chi connectivity index (χ4n) is 1.55. The van der Waals surface area contributed by atoms with E-state index in [-0.39, 0.29) is 30.9 Å². The smallest absolute Gasteiger partial charge is 0.373 e. The topological polar surface area (TPSA) is 94.4 Å². The number of aromatic nitrogens is 3. The Hall–Kier alpha value is -3.03. The summed E-state index contributed by atoms with van der Waals surface area (Å²) in [6, 6.07) is 5.79. The number of carbonyl (C=O) groups is 1. The summed E-state index contributed by atoms with van der Waals surface area (Å²) in [5, 5.41) is 9.54. The van der Waals surface area contributed by atoms with Crippen LogP contribution in [-0.2, 0) is 16.1 Å². The second-order valence-electron chi connectivity index (χ2n) is 4.29. The predicted octanol–water partition coefficient (Wildman–Crippen LogP) is 2.05. The predicted molar refractivity (Wildman–Crippen MR) is 77.8 cm³/mol. The highest BCUT2D eigenvalue weighted by atomic mass is 19.1. The molecule has 0 unspecified atom stereocenters. The number of halogens is 1. The van der Waals surface area contributed by atoms with Crippen LogP contribution in [0.15, 0.2) is 36.4 Å². The van der Waals surface area contributed by atoms with Crippen LogP contribution in [0.5, 0.6) is 6.01 Å². The maximum absolute atomic E-state index is 12.8. The zero-order valence-corrected chi connectivity index (χ0v) is 12.3. The van der Waals surface area contributed by atoms with Crippen molar-refractivity contribution in [1.82, 2.24) is 15.0 Å². The fraction of sp³-hybridized carbons (Fsp3) is 0.200. The Morgan fingerprint density at radius 1 is 1.30 bits per heavy atom. The molecule has 0 saturated heterocycles. The van der Waals surface area contributed by atoms with Crippen LogP contribution in [-0.4, -0.2) is 32.6 Å². The zero-order chi connectivity index (χ0) is 16.7. The Bertz CT molecular complexity index is 704. The molecule has 0 aliphatic rings. The van der Waals surface area contributed by atoms with Gasteiger partial charge in [0.1, 0.15) is 18.8 Å². The van der Waals surface area contributed by atoms with Crippen LogP contribution in [0.2, 0.25) is 0 Å². The summed E-state index contributed by atoms with van der Waals surface area (Å²) in [6.45, 7) is 1.90. The second-order valence-corrected chi connectivity index (χ2v) is 4.29. The van der Waals surface area contributed by atoms with Crippen molar-refractivity contribution in [3.8, 4) is 6.01 Å². The number of aliphatic hydroxyl groups is 1. The molecule has 1 aromatic heterocycles. The van der Waals surface area contributed by atoms with Gasteiger partial charge in [-0.25, -0.2) is 14.2 Å². The van der Waals surface area contributed by atoms with E-state index >= 15 is 0 Å². The number of nitrogens with zero attached hydrogens (tertiary/aromatic N) is 3. The van der Waals surface area contributed by atoms with Gasteiger partial charge < -0.3 is 14.6 Å². The molecule has 2 rings (SSSR count). The van der Waals surface area contributed by atoms with Crippen molar-refractivity contribution in [1.29, 1.82) is 0 Å². The van der Waals surface area contributed by atoms with Gasteiger partial charge in [-0.1, -0.05) is 12.1 Å². The van der Waals surface area contributed by atoms with Crippen LogP contribution >= 0.6 is 0 Å². The lowest BCUT2D eigenvalue weighted by molar-refractivity contribution is -0.141. The highest BCUT2D eigenvalue weighted by molar-refractivity contribution is 5.90. The largest absolute Gasteiger partial charge is 0.502 e. The molecule has 1 heterocycles. The van der Waals surface area contributed by atoms with Crippen molar-refractivity contribution in [2.75, 3.05) is 6.61 Å². The molecule has 0 radical (unpaired) electrons. The Kier molecular flexibility index (Phi) is 5.56. The van der Waals surface area contributed by atoms with Gasteiger partial charge in [-0.15, -0.1) is 0 Å². The molecule has 0 aliphatic heterocycles. The van der Waals surface area contributed by atoms with Crippen LogP contribution in [0, 0.1) is 5.82 Å². The molecule has 0 amide bonds. The molecule has 0 spiro atoms. The molecule has 0 aliphatic carbocycles. The number of rotatable bonds is 6. The number of aliphatic hydroxyl groups excluding tert-OH is 1. The highest BCUT2D eigenvalue weighted by Gasteiger charge is 2.10. The quantitative estimate of drug-likeness (QED) is 0.494. The molecule has 8 heteroatoms. The van der Waals surface area contributed by atoms with Crippen LogP contribution in [0.1, 0.15) is 18.3 Å². The highest BCUT2D eigenvalue weighted by Crippen LogP contribution is 2.09. The molecule has 1 aromatic carbocycles. The molecule has 120 valence electrons. The van der Waals surface area contributed by atoms with E-state index in [0.29, 0.717) is 0 Å². The molecule has 0 saturated carbocycles. The van der Waals surface area contributed by atoms with Gasteiger partial charge in [0.15, 0.2) is 5.82 Å². The lowest BCUT2D eigenvalue weighted by Gasteiger charge is -2.04. The van der Waals surface area contributed by atoms with Gasteiger partial charge in [-0.2, -0.15) is 9.97 Å². The van der Waals surface area contributed by atoms with E-state index in [9.17, 15) is 14.3 Å². The molecular formula is C15H14FN3O4. The summed E-state index contributed by atoms with van der Waals surface area (Å²) >= 11 is 0. The SMILES string of the molecule is CCOC(=O)/C(O)=C/c1ncnc(OCc2ccc(F)cc2)n1. The van der Waals surface area contributed by atoms with E-state index in [2.05, 4.69) is 19.7 Å². The number of ether oxygens (including phenoxy) is 2. The third-order valence-electron chi connectivity index (χ3n) is 2.60. The average molecular weight is 319 g/mol. The Balaban J connectivity index is 2.03. The van der Waals surface area contributed by atoms with E-state index in [4.69, 9.17) is 4.74 Å². The van der Waals surface area contributed by atoms with E-state index < -0.39 is 11.7 Å². The first-order valence-corrected chi connectivity index (χ1v) is 6.72. The minimum absolute atomic E-state index is 0.00670. The van der Waals surface area contributed by atoms with Crippen molar-refractivity contribution in [2.45, 2.75) is 13.5 Å². The lowest BCUT2D eigenvalue weighted by Crippen LogP contribution is -2.07. The maximum atomic E-state index is 12.8. The van der Waals surface area contributed by atoms with E-state index in [1.165, 1.54) is 18.5 Å². The van der Waals surface area contributed by atoms with E-state index in [1.807, 2.05) is 0 Å². The van der Waals surface area contributed by atoms with Crippen molar-refractivity contribution in [2.24, 2.45) is 0 Å².